The second kappa shape index (κ2) is 10.1. The highest BCUT2D eigenvalue weighted by Crippen LogP contribution is 2.28. The van der Waals surface area contributed by atoms with Gasteiger partial charge in [0, 0.05) is 23.7 Å². The van der Waals surface area contributed by atoms with Crippen LogP contribution in [0.3, 0.4) is 0 Å². The highest BCUT2D eigenvalue weighted by molar-refractivity contribution is 5.93. The predicted octanol–water partition coefficient (Wildman–Crippen LogP) is 3.09. The quantitative estimate of drug-likeness (QED) is 0.335. The van der Waals surface area contributed by atoms with Gasteiger partial charge in [-0.2, -0.15) is 5.10 Å². The number of aryl methyl sites for hydroxylation is 1. The van der Waals surface area contributed by atoms with Crippen LogP contribution < -0.4 is 15.8 Å². The van der Waals surface area contributed by atoms with Gasteiger partial charge in [-0.15, -0.1) is 5.10 Å². The number of halogens is 1. The molecule has 0 saturated carbocycles. The average Bonchev–Trinajstić information content (AvgIpc) is 3.48. The van der Waals surface area contributed by atoms with Gasteiger partial charge in [0.05, 0.1) is 32.6 Å². The van der Waals surface area contributed by atoms with Crippen LogP contribution in [0.2, 0.25) is 0 Å². The van der Waals surface area contributed by atoms with Gasteiger partial charge in [0.25, 0.3) is 5.91 Å². The monoisotopic (exact) mass is 500 g/mol. The Morgan fingerprint density at radius 3 is 2.59 bits per heavy atom. The zero-order valence-electron chi connectivity index (χ0n) is 20.3. The van der Waals surface area contributed by atoms with E-state index < -0.39 is 0 Å². The molecule has 5 rings (SSSR count). The Morgan fingerprint density at radius 2 is 1.89 bits per heavy atom. The number of pyridine rings is 1. The van der Waals surface area contributed by atoms with Crippen molar-refractivity contribution >= 4 is 22.5 Å². The van der Waals surface area contributed by atoms with Crippen molar-refractivity contribution in [2.24, 2.45) is 0 Å². The molecule has 0 unspecified atom stereocenters. The molecule has 0 aliphatic rings. The number of nitrogens with two attached hydrogens (primary N) is 1. The smallest absolute Gasteiger partial charge is 0.291 e. The molecule has 37 heavy (non-hydrogen) atoms. The Morgan fingerprint density at radius 1 is 1.14 bits per heavy atom. The van der Waals surface area contributed by atoms with Crippen LogP contribution >= 0.6 is 0 Å². The standard InChI is InChI=1S/C26H25FN8O2/c1-16-32-25(26(36)30-11-20-9-19-7-8-29-24(28)22(19)10-23(20)37-2)33-35(16)14-18-5-3-17(4-6-18)13-34-15-21(27)12-31-34/h3-10,12,15H,11,13-14H2,1-2H3,(H2,28,29)(H,30,36). The molecule has 5 aromatic rings. The van der Waals surface area contributed by atoms with E-state index in [0.717, 1.165) is 27.5 Å². The molecule has 0 atom stereocenters. The summed E-state index contributed by atoms with van der Waals surface area (Å²) < 4.78 is 21.8. The van der Waals surface area contributed by atoms with Gasteiger partial charge in [0.2, 0.25) is 5.82 Å². The summed E-state index contributed by atoms with van der Waals surface area (Å²) in [5.74, 6) is 0.968. The number of hydrogen-bond donors (Lipinski definition) is 2. The number of nitrogens with one attached hydrogen (secondary N) is 1. The maximum atomic E-state index is 13.1. The van der Waals surface area contributed by atoms with Crippen LogP contribution in [0.5, 0.6) is 5.75 Å². The van der Waals surface area contributed by atoms with Crippen LogP contribution in [-0.4, -0.2) is 42.5 Å². The van der Waals surface area contributed by atoms with Gasteiger partial charge >= 0.3 is 0 Å². The number of methoxy groups -OCH3 is 1. The molecule has 0 fully saturated rings. The number of aromatic nitrogens is 6. The van der Waals surface area contributed by atoms with E-state index in [1.54, 1.807) is 24.9 Å². The first-order chi connectivity index (χ1) is 17.9. The van der Waals surface area contributed by atoms with Crippen LogP contribution in [0.25, 0.3) is 10.8 Å². The molecule has 0 aliphatic carbocycles. The van der Waals surface area contributed by atoms with E-state index >= 15 is 0 Å². The van der Waals surface area contributed by atoms with Gasteiger partial charge in [0.1, 0.15) is 17.4 Å². The molecular formula is C26H25FN8O2. The molecule has 10 nitrogen and oxygen atoms in total. The van der Waals surface area contributed by atoms with Gasteiger partial charge in [0.15, 0.2) is 5.82 Å². The Kier molecular flexibility index (Phi) is 6.50. The highest BCUT2D eigenvalue weighted by atomic mass is 19.1. The predicted molar refractivity (Wildman–Crippen MR) is 135 cm³/mol. The minimum Gasteiger partial charge on any atom is -0.496 e. The van der Waals surface area contributed by atoms with Crippen LogP contribution in [0, 0.1) is 12.7 Å². The lowest BCUT2D eigenvalue weighted by Gasteiger charge is -2.11. The van der Waals surface area contributed by atoms with Gasteiger partial charge in [-0.1, -0.05) is 24.3 Å². The molecule has 0 radical (unpaired) electrons. The topological polar surface area (TPSA) is 126 Å². The number of carbonyl (C=O) groups is 1. The molecule has 1 amide bonds. The lowest BCUT2D eigenvalue weighted by molar-refractivity contribution is 0.0940. The van der Waals surface area contributed by atoms with Crippen molar-refractivity contribution < 1.29 is 13.9 Å². The molecule has 0 bridgehead atoms. The summed E-state index contributed by atoms with van der Waals surface area (Å²) in [4.78, 5) is 21.3. The maximum absolute atomic E-state index is 13.1. The third-order valence-corrected chi connectivity index (χ3v) is 6.00. The lowest BCUT2D eigenvalue weighted by Crippen LogP contribution is -2.24. The number of rotatable bonds is 8. The third kappa shape index (κ3) is 5.25. The van der Waals surface area contributed by atoms with Crippen molar-refractivity contribution in [2.45, 2.75) is 26.6 Å². The van der Waals surface area contributed by atoms with Crippen molar-refractivity contribution in [1.82, 2.24) is 34.8 Å². The number of nitrogen functional groups attached to an aromatic ring is 1. The zero-order chi connectivity index (χ0) is 25.9. The summed E-state index contributed by atoms with van der Waals surface area (Å²) in [5, 5.41) is 12.9. The fourth-order valence-corrected chi connectivity index (χ4v) is 4.05. The Bertz CT molecular complexity index is 1580. The summed E-state index contributed by atoms with van der Waals surface area (Å²) in [6, 6.07) is 13.4. The number of ether oxygens (including phenoxy) is 1. The fourth-order valence-electron chi connectivity index (χ4n) is 4.05. The molecular weight excluding hydrogens is 475 g/mol. The van der Waals surface area contributed by atoms with E-state index in [1.165, 1.54) is 17.1 Å². The summed E-state index contributed by atoms with van der Waals surface area (Å²) in [5.41, 5.74) is 8.74. The number of amides is 1. The largest absolute Gasteiger partial charge is 0.496 e. The molecule has 3 heterocycles. The molecule has 188 valence electrons. The van der Waals surface area contributed by atoms with Crippen molar-refractivity contribution in [2.75, 3.05) is 12.8 Å². The molecule has 0 spiro atoms. The molecule has 2 aromatic carbocycles. The van der Waals surface area contributed by atoms with E-state index in [4.69, 9.17) is 10.5 Å². The van der Waals surface area contributed by atoms with E-state index in [0.29, 0.717) is 30.5 Å². The van der Waals surface area contributed by atoms with Crippen LogP contribution in [-0.2, 0) is 19.6 Å². The normalized spacial score (nSPS) is 11.1. The van der Waals surface area contributed by atoms with Gasteiger partial charge in [-0.25, -0.2) is 19.0 Å². The Hall–Kier alpha value is -4.80. The van der Waals surface area contributed by atoms with Crippen LogP contribution in [0.15, 0.2) is 61.1 Å². The summed E-state index contributed by atoms with van der Waals surface area (Å²) in [6.45, 7) is 2.96. The van der Waals surface area contributed by atoms with E-state index in [2.05, 4.69) is 25.5 Å². The number of fused-ring (bicyclic) bond motifs is 1. The molecule has 3 aromatic heterocycles. The second-order valence-electron chi connectivity index (χ2n) is 8.58. The maximum Gasteiger partial charge on any atom is 0.291 e. The SMILES string of the molecule is COc1cc2c(N)nccc2cc1CNC(=O)c1nc(C)n(Cc2ccc(Cn3cc(F)cn3)cc2)n1. The highest BCUT2D eigenvalue weighted by Gasteiger charge is 2.16. The molecule has 11 heteroatoms. The number of benzene rings is 2. The van der Waals surface area contributed by atoms with Crippen molar-refractivity contribution in [3.8, 4) is 5.75 Å². The summed E-state index contributed by atoms with van der Waals surface area (Å²) >= 11 is 0. The fraction of sp³-hybridized carbons (Fsp3) is 0.192. The van der Waals surface area contributed by atoms with Crippen molar-refractivity contribution in [3.05, 3.63) is 95.2 Å². The number of hydrogen-bond acceptors (Lipinski definition) is 7. The minimum atomic E-state index is -0.389. The average molecular weight is 501 g/mol. The first-order valence-electron chi connectivity index (χ1n) is 11.6. The van der Waals surface area contributed by atoms with E-state index in [1.807, 2.05) is 42.5 Å². The van der Waals surface area contributed by atoms with Crippen LogP contribution in [0.4, 0.5) is 10.2 Å². The van der Waals surface area contributed by atoms with Crippen molar-refractivity contribution in [3.63, 3.8) is 0 Å². The zero-order valence-corrected chi connectivity index (χ0v) is 20.3. The Labute approximate surface area is 211 Å². The number of nitrogens with zero attached hydrogens (tertiary/aromatic N) is 6. The van der Waals surface area contributed by atoms with Crippen LogP contribution in [0.1, 0.15) is 33.1 Å². The van der Waals surface area contributed by atoms with Crippen molar-refractivity contribution in [1.29, 1.82) is 0 Å². The minimum absolute atomic E-state index is 0.0861. The molecule has 3 N–H and O–H groups in total. The number of anilines is 1. The summed E-state index contributed by atoms with van der Waals surface area (Å²) in [6.07, 6.45) is 4.17. The van der Waals surface area contributed by atoms with E-state index in [9.17, 15) is 9.18 Å². The number of carbonyl (C=O) groups excluding carboxylic acids is 1. The molecule has 0 saturated heterocycles. The summed E-state index contributed by atoms with van der Waals surface area (Å²) in [7, 11) is 1.56. The van der Waals surface area contributed by atoms with Gasteiger partial charge in [-0.3, -0.25) is 9.48 Å². The third-order valence-electron chi connectivity index (χ3n) is 6.00. The first kappa shape index (κ1) is 23.9. The molecule has 0 aliphatic heterocycles. The van der Waals surface area contributed by atoms with E-state index in [-0.39, 0.29) is 24.1 Å². The van der Waals surface area contributed by atoms with Gasteiger partial charge in [-0.05, 0) is 41.6 Å². The first-order valence-corrected chi connectivity index (χ1v) is 11.6. The Balaban J connectivity index is 1.24. The lowest BCUT2D eigenvalue weighted by atomic mass is 10.1. The second-order valence-corrected chi connectivity index (χ2v) is 8.58. The van der Waals surface area contributed by atoms with Gasteiger partial charge < -0.3 is 15.8 Å².